The summed E-state index contributed by atoms with van der Waals surface area (Å²) in [4.78, 5) is 25.2. The number of nitrogens with one attached hydrogen (secondary N) is 2. The molecule has 368 valence electrons. The van der Waals surface area contributed by atoms with Crippen LogP contribution in [0.3, 0.4) is 0 Å². The van der Waals surface area contributed by atoms with E-state index >= 15 is 0 Å². The maximum Gasteiger partial charge on any atom is 0.488 e. The van der Waals surface area contributed by atoms with E-state index in [1.807, 2.05) is 170 Å². The lowest BCUT2D eigenvalue weighted by Crippen LogP contribution is -2.29. The second-order valence-corrected chi connectivity index (χ2v) is 17.3. The SMILES string of the molecule is Brc1ccccc1Oc1ncc(Nc2nnc(-c3ccccc3)c3ccccc23)cn1.OB(O)c1ccncc1.c1ccc(-c2nnc(Nc3cnc(Oc4ccccc4-c4ccncc4)nc3)c3ccccc23)cc1. The zero-order valence-electron chi connectivity index (χ0n) is 40.1. The van der Waals surface area contributed by atoms with Gasteiger partial charge in [-0.15, -0.1) is 20.4 Å². The molecular formula is C58H42BBrN12O4. The van der Waals surface area contributed by atoms with E-state index in [9.17, 15) is 0 Å². The number of benzene rings is 6. The Morgan fingerprint density at radius 3 is 1.28 bits per heavy atom. The molecule has 0 radical (unpaired) electrons. The minimum atomic E-state index is -1.38. The highest BCUT2D eigenvalue weighted by Gasteiger charge is 2.15. The van der Waals surface area contributed by atoms with Gasteiger partial charge in [0.05, 0.1) is 40.6 Å². The van der Waals surface area contributed by atoms with Gasteiger partial charge in [0.1, 0.15) is 22.9 Å². The Morgan fingerprint density at radius 1 is 0.395 bits per heavy atom. The van der Waals surface area contributed by atoms with Gasteiger partial charge in [-0.2, -0.15) is 0 Å². The molecule has 18 heteroatoms. The summed E-state index contributed by atoms with van der Waals surface area (Å²) in [5.41, 5.74) is 7.49. The van der Waals surface area contributed by atoms with Crippen molar-refractivity contribution in [2.45, 2.75) is 0 Å². The molecule has 6 heterocycles. The monoisotopic (exact) mass is 1060 g/mol. The van der Waals surface area contributed by atoms with Crippen molar-refractivity contribution in [3.8, 4) is 57.2 Å². The topological polar surface area (TPSA) is 212 Å². The summed E-state index contributed by atoms with van der Waals surface area (Å²) in [6.45, 7) is 0. The van der Waals surface area contributed by atoms with Crippen molar-refractivity contribution in [3.63, 3.8) is 0 Å². The van der Waals surface area contributed by atoms with Gasteiger partial charge >= 0.3 is 19.1 Å². The Kier molecular flexibility index (Phi) is 15.8. The Balaban J connectivity index is 0.000000150. The van der Waals surface area contributed by atoms with Crippen molar-refractivity contribution >= 4 is 73.1 Å². The molecule has 0 aliphatic heterocycles. The van der Waals surface area contributed by atoms with E-state index in [2.05, 4.69) is 76.9 Å². The van der Waals surface area contributed by atoms with E-state index < -0.39 is 7.12 Å². The highest BCUT2D eigenvalue weighted by molar-refractivity contribution is 9.10. The van der Waals surface area contributed by atoms with E-state index in [0.29, 0.717) is 40.0 Å². The summed E-state index contributed by atoms with van der Waals surface area (Å²) in [7, 11) is -1.38. The molecule has 6 aromatic heterocycles. The first-order valence-corrected chi connectivity index (χ1v) is 24.4. The first kappa shape index (κ1) is 49.7. The van der Waals surface area contributed by atoms with E-state index in [4.69, 9.17) is 19.5 Å². The fourth-order valence-corrected chi connectivity index (χ4v) is 8.10. The molecule has 76 heavy (non-hydrogen) atoms. The molecular weight excluding hydrogens is 1020 g/mol. The largest absolute Gasteiger partial charge is 0.488 e. The van der Waals surface area contributed by atoms with Crippen LogP contribution in [0.25, 0.3) is 55.2 Å². The Hall–Kier alpha value is -9.88. The van der Waals surface area contributed by atoms with Crippen LogP contribution in [-0.4, -0.2) is 67.5 Å². The first-order chi connectivity index (χ1) is 37.4. The zero-order valence-corrected chi connectivity index (χ0v) is 41.7. The second-order valence-electron chi connectivity index (χ2n) is 16.4. The van der Waals surface area contributed by atoms with Crippen molar-refractivity contribution in [2.24, 2.45) is 0 Å². The normalized spacial score (nSPS) is 10.6. The summed E-state index contributed by atoms with van der Waals surface area (Å²) >= 11 is 3.45. The number of ether oxygens (including phenoxy) is 2. The fraction of sp³-hybridized carbons (Fsp3) is 0. The number of aromatic nitrogens is 10. The first-order valence-electron chi connectivity index (χ1n) is 23.6. The minimum Gasteiger partial charge on any atom is -0.424 e. The van der Waals surface area contributed by atoms with Crippen molar-refractivity contribution in [3.05, 3.63) is 236 Å². The third kappa shape index (κ3) is 12.3. The highest BCUT2D eigenvalue weighted by atomic mass is 79.9. The second kappa shape index (κ2) is 24.2. The molecule has 0 spiro atoms. The number of anilines is 4. The lowest BCUT2D eigenvalue weighted by Gasteiger charge is -2.12. The third-order valence-corrected chi connectivity index (χ3v) is 12.0. The molecule has 16 nitrogen and oxygen atoms in total. The third-order valence-electron chi connectivity index (χ3n) is 11.4. The van der Waals surface area contributed by atoms with Crippen LogP contribution in [0.15, 0.2) is 236 Å². The number of halogens is 1. The molecule has 0 bridgehead atoms. The van der Waals surface area contributed by atoms with Gasteiger partial charge < -0.3 is 30.2 Å². The number of fused-ring (bicyclic) bond motifs is 2. The number of rotatable bonds is 12. The highest BCUT2D eigenvalue weighted by Crippen LogP contribution is 2.35. The predicted octanol–water partition coefficient (Wildman–Crippen LogP) is 11.8. The number of para-hydroxylation sites is 2. The molecule has 12 aromatic rings. The van der Waals surface area contributed by atoms with Gasteiger partial charge in [-0.25, -0.2) is 19.9 Å². The van der Waals surface area contributed by atoms with Crippen LogP contribution in [0.5, 0.6) is 23.5 Å². The average molecular weight is 1060 g/mol. The summed E-state index contributed by atoms with van der Waals surface area (Å²) in [6, 6.07) is 58.9. The summed E-state index contributed by atoms with van der Waals surface area (Å²) in [5, 5.41) is 45.5. The molecule has 0 aliphatic carbocycles. The molecule has 0 saturated heterocycles. The molecule has 0 aliphatic rings. The summed E-state index contributed by atoms with van der Waals surface area (Å²) in [6.07, 6.45) is 13.2. The van der Waals surface area contributed by atoms with Crippen LogP contribution in [0, 0.1) is 0 Å². The van der Waals surface area contributed by atoms with Crippen molar-refractivity contribution in [1.29, 1.82) is 0 Å². The van der Waals surface area contributed by atoms with Gasteiger partial charge in [-0.05, 0) is 69.4 Å². The van der Waals surface area contributed by atoms with Gasteiger partial charge in [-0.3, -0.25) is 9.97 Å². The molecule has 6 aromatic carbocycles. The van der Waals surface area contributed by atoms with Gasteiger partial charge in [0.2, 0.25) is 0 Å². The molecule has 0 fully saturated rings. The van der Waals surface area contributed by atoms with Gasteiger partial charge in [0.25, 0.3) is 0 Å². The molecule has 0 amide bonds. The van der Waals surface area contributed by atoms with Gasteiger partial charge in [0.15, 0.2) is 11.6 Å². The molecule has 12 rings (SSSR count). The smallest absolute Gasteiger partial charge is 0.424 e. The number of hydrogen-bond donors (Lipinski definition) is 4. The quantitative estimate of drug-likeness (QED) is 0.0838. The maximum atomic E-state index is 8.55. The van der Waals surface area contributed by atoms with Crippen molar-refractivity contribution in [2.75, 3.05) is 10.6 Å². The average Bonchev–Trinajstić information content (AvgIpc) is 3.48. The number of pyridine rings is 2. The lowest BCUT2D eigenvalue weighted by molar-refractivity contribution is 0.425. The summed E-state index contributed by atoms with van der Waals surface area (Å²) < 4.78 is 12.6. The van der Waals surface area contributed by atoms with Crippen LogP contribution in [-0.2, 0) is 0 Å². The predicted molar refractivity (Wildman–Crippen MR) is 299 cm³/mol. The zero-order chi connectivity index (χ0) is 51.9. The summed E-state index contributed by atoms with van der Waals surface area (Å²) in [5.74, 6) is 2.58. The standard InChI is InChI=1S/C29H20N6O.C24H16BrN5O.C5H6BNO2/c1-2-8-21(9-3-1)27-24-11-4-5-12-25(24)28(35-34-27)33-22-18-31-29(32-19-22)36-26-13-7-6-10-23(26)20-14-16-30-17-15-20;25-20-12-6-7-13-21(20)31-24-26-14-17(15-27-24)28-23-19-11-5-4-10-18(19)22(29-30-23)16-8-2-1-3-9-16;8-6(9)5-1-3-7-4-2-5/h1-19H,(H,33,35);1-15H,(H,28,30);1-4,8-9H. The minimum absolute atomic E-state index is 0.248. The van der Waals surface area contributed by atoms with E-state index in [0.717, 1.165) is 59.7 Å². The van der Waals surface area contributed by atoms with E-state index in [1.54, 1.807) is 49.3 Å². The Morgan fingerprint density at radius 2 is 0.803 bits per heavy atom. The maximum absolute atomic E-state index is 8.55. The van der Waals surface area contributed by atoms with Crippen molar-refractivity contribution < 1.29 is 19.5 Å². The molecule has 4 N–H and O–H groups in total. The Bertz CT molecular complexity index is 3820. The van der Waals surface area contributed by atoms with Gasteiger partial charge in [-0.1, -0.05) is 140 Å². The van der Waals surface area contributed by atoms with Gasteiger partial charge in [0, 0.05) is 63.0 Å². The number of hydrogen-bond acceptors (Lipinski definition) is 16. The van der Waals surface area contributed by atoms with Crippen molar-refractivity contribution in [1.82, 2.24) is 50.3 Å². The van der Waals surface area contributed by atoms with Crippen LogP contribution >= 0.6 is 15.9 Å². The van der Waals surface area contributed by atoms with E-state index in [-0.39, 0.29) is 12.0 Å². The lowest BCUT2D eigenvalue weighted by atomic mass is 9.81. The fourth-order valence-electron chi connectivity index (χ4n) is 7.74. The van der Waals surface area contributed by atoms with Crippen LogP contribution in [0.2, 0.25) is 0 Å². The van der Waals surface area contributed by atoms with E-state index in [1.165, 1.54) is 12.4 Å². The van der Waals surface area contributed by atoms with Crippen LogP contribution in [0.4, 0.5) is 23.0 Å². The van der Waals surface area contributed by atoms with Crippen LogP contribution in [0.1, 0.15) is 0 Å². The molecule has 0 saturated carbocycles. The van der Waals surface area contributed by atoms with Crippen LogP contribution < -0.4 is 25.6 Å². The molecule has 0 atom stereocenters. The Labute approximate surface area is 444 Å². The number of nitrogens with zero attached hydrogens (tertiary/aromatic N) is 10. The molecule has 0 unspecified atom stereocenters.